The number of hydrogen-bond donors (Lipinski definition) is 4. The molecule has 1 saturated carbocycles. The molecular weight excluding hydrogens is 324 g/mol. The average Bonchev–Trinajstić information content (AvgIpc) is 3.03. The number of hydrogen-bond acceptors (Lipinski definition) is 4. The van der Waals surface area contributed by atoms with Crippen LogP contribution in [0.5, 0.6) is 0 Å². The van der Waals surface area contributed by atoms with Crippen LogP contribution in [0.4, 0.5) is 4.79 Å². The molecule has 4 amide bonds. The van der Waals surface area contributed by atoms with Gasteiger partial charge in [-0.1, -0.05) is 19.3 Å². The zero-order chi connectivity index (χ0) is 18.1. The summed E-state index contributed by atoms with van der Waals surface area (Å²) in [7, 11) is 0. The van der Waals surface area contributed by atoms with Crippen LogP contribution in [-0.4, -0.2) is 30.4 Å². The van der Waals surface area contributed by atoms with Crippen LogP contribution in [0.2, 0.25) is 0 Å². The fourth-order valence-corrected chi connectivity index (χ4v) is 2.81. The molecule has 25 heavy (non-hydrogen) atoms. The number of aryl methyl sites for hydroxylation is 1. The second kappa shape index (κ2) is 9.71. The summed E-state index contributed by atoms with van der Waals surface area (Å²) in [6.07, 6.45) is 7.74. The lowest BCUT2D eigenvalue weighted by molar-refractivity contribution is -0.121. The third kappa shape index (κ3) is 6.48. The molecule has 0 aliphatic heterocycles. The third-order valence-corrected chi connectivity index (χ3v) is 4.23. The van der Waals surface area contributed by atoms with Crippen molar-refractivity contribution in [2.24, 2.45) is 0 Å². The topological polar surface area (TPSA) is 112 Å². The van der Waals surface area contributed by atoms with Crippen molar-refractivity contribution in [3.8, 4) is 0 Å². The summed E-state index contributed by atoms with van der Waals surface area (Å²) in [6.45, 7) is 2.07. The summed E-state index contributed by atoms with van der Waals surface area (Å²) in [4.78, 5) is 35.2. The molecule has 1 aliphatic rings. The molecule has 2 rings (SSSR count). The van der Waals surface area contributed by atoms with Gasteiger partial charge < -0.3 is 15.1 Å². The number of hydrazine groups is 1. The SMILES string of the molecule is Cc1occc1C(=O)NNC(=O)CCCNC(=O)NC1CCCCC1. The maximum atomic E-state index is 11.8. The fraction of sp³-hybridized carbons (Fsp3) is 0.588. The summed E-state index contributed by atoms with van der Waals surface area (Å²) < 4.78 is 5.03. The van der Waals surface area contributed by atoms with E-state index in [1.54, 1.807) is 6.92 Å². The Hall–Kier alpha value is -2.51. The van der Waals surface area contributed by atoms with Crippen molar-refractivity contribution in [3.05, 3.63) is 23.7 Å². The van der Waals surface area contributed by atoms with Crippen LogP contribution < -0.4 is 21.5 Å². The Morgan fingerprint density at radius 1 is 1.16 bits per heavy atom. The molecule has 4 N–H and O–H groups in total. The highest BCUT2D eigenvalue weighted by Gasteiger charge is 2.15. The van der Waals surface area contributed by atoms with Gasteiger partial charge in [0.15, 0.2) is 0 Å². The maximum absolute atomic E-state index is 11.8. The predicted octanol–water partition coefficient (Wildman–Crippen LogP) is 1.76. The van der Waals surface area contributed by atoms with Crippen LogP contribution in [0.15, 0.2) is 16.7 Å². The number of rotatable bonds is 6. The first kappa shape index (κ1) is 18.8. The number of carbonyl (C=O) groups excluding carboxylic acids is 3. The molecule has 0 radical (unpaired) electrons. The minimum Gasteiger partial charge on any atom is -0.469 e. The Labute approximate surface area is 147 Å². The Morgan fingerprint density at radius 3 is 2.60 bits per heavy atom. The molecular formula is C17H26N4O4. The third-order valence-electron chi connectivity index (χ3n) is 4.23. The summed E-state index contributed by atoms with van der Waals surface area (Å²) in [5, 5.41) is 5.70. The van der Waals surface area contributed by atoms with E-state index in [2.05, 4.69) is 21.5 Å². The second-order valence-electron chi connectivity index (χ2n) is 6.23. The van der Waals surface area contributed by atoms with E-state index in [0.29, 0.717) is 24.3 Å². The van der Waals surface area contributed by atoms with E-state index in [-0.39, 0.29) is 24.4 Å². The van der Waals surface area contributed by atoms with Crippen molar-refractivity contribution in [3.63, 3.8) is 0 Å². The lowest BCUT2D eigenvalue weighted by Gasteiger charge is -2.22. The Kier molecular flexibility index (Phi) is 7.31. The van der Waals surface area contributed by atoms with Gasteiger partial charge in [0.05, 0.1) is 11.8 Å². The van der Waals surface area contributed by atoms with Crippen LogP contribution in [0, 0.1) is 6.92 Å². The molecule has 0 bridgehead atoms. The predicted molar refractivity (Wildman–Crippen MR) is 91.7 cm³/mol. The Bertz CT molecular complexity index is 593. The minimum absolute atomic E-state index is 0.184. The van der Waals surface area contributed by atoms with Gasteiger partial charge in [0.2, 0.25) is 5.91 Å². The standard InChI is InChI=1S/C17H26N4O4/c1-12-14(9-11-25-12)16(23)21-20-15(22)8-5-10-18-17(24)19-13-6-3-2-4-7-13/h9,11,13H,2-8,10H2,1H3,(H,20,22)(H,21,23)(H2,18,19,24). The number of furan rings is 1. The van der Waals surface area contributed by atoms with Gasteiger partial charge in [0.1, 0.15) is 5.76 Å². The molecule has 138 valence electrons. The first-order chi connectivity index (χ1) is 12.1. The van der Waals surface area contributed by atoms with Gasteiger partial charge in [-0.2, -0.15) is 0 Å². The van der Waals surface area contributed by atoms with Gasteiger partial charge in [-0.25, -0.2) is 4.79 Å². The minimum atomic E-state index is -0.426. The number of nitrogens with one attached hydrogen (secondary N) is 4. The van der Waals surface area contributed by atoms with Gasteiger partial charge in [-0.15, -0.1) is 0 Å². The van der Waals surface area contributed by atoms with E-state index in [1.165, 1.54) is 18.8 Å². The van der Waals surface area contributed by atoms with E-state index in [9.17, 15) is 14.4 Å². The summed E-state index contributed by atoms with van der Waals surface area (Å²) >= 11 is 0. The summed E-state index contributed by atoms with van der Waals surface area (Å²) in [6, 6.07) is 1.61. The van der Waals surface area contributed by atoms with Crippen LogP contribution in [0.1, 0.15) is 61.1 Å². The van der Waals surface area contributed by atoms with E-state index in [0.717, 1.165) is 25.7 Å². The first-order valence-electron chi connectivity index (χ1n) is 8.74. The molecule has 0 atom stereocenters. The first-order valence-corrected chi connectivity index (χ1v) is 8.74. The molecule has 1 aromatic rings. The van der Waals surface area contributed by atoms with Crippen molar-refractivity contribution < 1.29 is 18.8 Å². The van der Waals surface area contributed by atoms with Gasteiger partial charge in [-0.05, 0) is 32.3 Å². The van der Waals surface area contributed by atoms with E-state index < -0.39 is 5.91 Å². The van der Waals surface area contributed by atoms with Crippen LogP contribution >= 0.6 is 0 Å². The Balaban J connectivity index is 1.54. The molecule has 1 fully saturated rings. The highest BCUT2D eigenvalue weighted by atomic mass is 16.3. The summed E-state index contributed by atoms with van der Waals surface area (Å²) in [5.74, 6) is -0.256. The normalized spacial score (nSPS) is 14.6. The average molecular weight is 350 g/mol. The van der Waals surface area contributed by atoms with E-state index in [1.807, 2.05) is 0 Å². The molecule has 1 heterocycles. The zero-order valence-corrected chi connectivity index (χ0v) is 14.5. The van der Waals surface area contributed by atoms with E-state index in [4.69, 9.17) is 4.42 Å². The lowest BCUT2D eigenvalue weighted by Crippen LogP contribution is -2.44. The molecule has 0 saturated heterocycles. The maximum Gasteiger partial charge on any atom is 0.315 e. The van der Waals surface area contributed by atoms with Gasteiger partial charge in [0, 0.05) is 19.0 Å². The molecule has 1 aliphatic carbocycles. The van der Waals surface area contributed by atoms with Crippen molar-refractivity contribution in [2.45, 2.75) is 57.9 Å². The quantitative estimate of drug-likeness (QED) is 0.462. The molecule has 0 spiro atoms. The number of urea groups is 1. The van der Waals surface area contributed by atoms with Crippen molar-refractivity contribution in [2.75, 3.05) is 6.54 Å². The number of carbonyl (C=O) groups is 3. The van der Waals surface area contributed by atoms with Crippen LogP contribution in [0.25, 0.3) is 0 Å². The van der Waals surface area contributed by atoms with Gasteiger partial charge in [-0.3, -0.25) is 20.4 Å². The second-order valence-corrected chi connectivity index (χ2v) is 6.23. The van der Waals surface area contributed by atoms with Crippen molar-refractivity contribution in [1.29, 1.82) is 0 Å². The highest BCUT2D eigenvalue weighted by Crippen LogP contribution is 2.17. The monoisotopic (exact) mass is 350 g/mol. The molecule has 1 aromatic heterocycles. The molecule has 8 heteroatoms. The summed E-state index contributed by atoms with van der Waals surface area (Å²) in [5.41, 5.74) is 5.05. The smallest absolute Gasteiger partial charge is 0.315 e. The highest BCUT2D eigenvalue weighted by molar-refractivity contribution is 5.96. The van der Waals surface area contributed by atoms with Crippen molar-refractivity contribution >= 4 is 17.8 Å². The van der Waals surface area contributed by atoms with Gasteiger partial charge >= 0.3 is 6.03 Å². The molecule has 0 unspecified atom stereocenters. The van der Waals surface area contributed by atoms with Crippen LogP contribution in [-0.2, 0) is 4.79 Å². The zero-order valence-electron chi connectivity index (χ0n) is 14.5. The van der Waals surface area contributed by atoms with Crippen LogP contribution in [0.3, 0.4) is 0 Å². The Morgan fingerprint density at radius 2 is 1.92 bits per heavy atom. The number of amides is 4. The van der Waals surface area contributed by atoms with Gasteiger partial charge in [0.25, 0.3) is 5.91 Å². The van der Waals surface area contributed by atoms with Crippen molar-refractivity contribution in [1.82, 2.24) is 21.5 Å². The fourth-order valence-electron chi connectivity index (χ4n) is 2.81. The lowest BCUT2D eigenvalue weighted by atomic mass is 9.96. The van der Waals surface area contributed by atoms with E-state index >= 15 is 0 Å². The molecule has 0 aromatic carbocycles. The molecule has 8 nitrogen and oxygen atoms in total. The largest absolute Gasteiger partial charge is 0.469 e.